The Bertz CT molecular complexity index is 714. The SMILES string of the molecule is CN(C)c1nc(Cl)nc2ccc(S(C)(=O)=O)cc12. The molecule has 0 unspecified atom stereocenters. The van der Waals surface area contributed by atoms with Crippen LogP contribution in [-0.4, -0.2) is 38.7 Å². The molecule has 5 nitrogen and oxygen atoms in total. The molecule has 0 spiro atoms. The molecule has 1 aromatic heterocycles. The van der Waals surface area contributed by atoms with Crippen LogP contribution in [0.3, 0.4) is 0 Å². The van der Waals surface area contributed by atoms with Gasteiger partial charge in [-0.15, -0.1) is 0 Å². The van der Waals surface area contributed by atoms with E-state index in [4.69, 9.17) is 11.6 Å². The molecule has 2 aromatic rings. The van der Waals surface area contributed by atoms with Gasteiger partial charge in [0.05, 0.1) is 10.4 Å². The lowest BCUT2D eigenvalue weighted by molar-refractivity contribution is 0.602. The fourth-order valence-corrected chi connectivity index (χ4v) is 2.45. The van der Waals surface area contributed by atoms with Crippen molar-refractivity contribution in [3.05, 3.63) is 23.5 Å². The molecule has 0 N–H and O–H groups in total. The Morgan fingerprint density at radius 2 is 1.89 bits per heavy atom. The van der Waals surface area contributed by atoms with E-state index in [0.29, 0.717) is 16.7 Å². The van der Waals surface area contributed by atoms with Gasteiger partial charge in [-0.3, -0.25) is 0 Å². The van der Waals surface area contributed by atoms with Gasteiger partial charge < -0.3 is 4.90 Å². The molecule has 2 rings (SSSR count). The second kappa shape index (κ2) is 4.37. The van der Waals surface area contributed by atoms with Crippen molar-refractivity contribution in [3.8, 4) is 0 Å². The zero-order valence-electron chi connectivity index (χ0n) is 10.2. The smallest absolute Gasteiger partial charge is 0.224 e. The maximum atomic E-state index is 11.5. The van der Waals surface area contributed by atoms with Crippen LogP contribution in [0.5, 0.6) is 0 Å². The highest BCUT2D eigenvalue weighted by molar-refractivity contribution is 7.90. The van der Waals surface area contributed by atoms with Gasteiger partial charge in [0.25, 0.3) is 0 Å². The molecule has 18 heavy (non-hydrogen) atoms. The third kappa shape index (κ3) is 2.39. The van der Waals surface area contributed by atoms with E-state index in [1.54, 1.807) is 17.0 Å². The Hall–Kier alpha value is -1.40. The number of rotatable bonds is 2. The number of benzene rings is 1. The molecule has 1 heterocycles. The van der Waals surface area contributed by atoms with Crippen molar-refractivity contribution in [2.75, 3.05) is 25.3 Å². The fraction of sp³-hybridized carbons (Fsp3) is 0.273. The van der Waals surface area contributed by atoms with Gasteiger partial charge in [0.1, 0.15) is 5.82 Å². The number of aromatic nitrogens is 2. The molecule has 0 saturated carbocycles. The summed E-state index contributed by atoms with van der Waals surface area (Å²) in [5.41, 5.74) is 0.617. The quantitative estimate of drug-likeness (QED) is 0.787. The van der Waals surface area contributed by atoms with Crippen molar-refractivity contribution < 1.29 is 8.42 Å². The average molecular weight is 286 g/mol. The Morgan fingerprint density at radius 1 is 1.22 bits per heavy atom. The normalized spacial score (nSPS) is 11.8. The van der Waals surface area contributed by atoms with Gasteiger partial charge in [0.2, 0.25) is 5.28 Å². The van der Waals surface area contributed by atoms with Crippen molar-refractivity contribution in [1.29, 1.82) is 0 Å². The van der Waals surface area contributed by atoms with E-state index >= 15 is 0 Å². The summed E-state index contributed by atoms with van der Waals surface area (Å²) >= 11 is 5.83. The molecule has 0 atom stereocenters. The summed E-state index contributed by atoms with van der Waals surface area (Å²) in [6.45, 7) is 0. The minimum absolute atomic E-state index is 0.137. The van der Waals surface area contributed by atoms with Gasteiger partial charge in [-0.25, -0.2) is 13.4 Å². The van der Waals surface area contributed by atoms with E-state index < -0.39 is 9.84 Å². The summed E-state index contributed by atoms with van der Waals surface area (Å²) in [4.78, 5) is 10.2. The second-order valence-electron chi connectivity index (χ2n) is 4.16. The molecule has 0 aliphatic carbocycles. The van der Waals surface area contributed by atoms with Crippen LogP contribution in [0.4, 0.5) is 5.82 Å². The minimum Gasteiger partial charge on any atom is -0.362 e. The van der Waals surface area contributed by atoms with Gasteiger partial charge in [0.15, 0.2) is 9.84 Å². The molecule has 1 aromatic carbocycles. The van der Waals surface area contributed by atoms with E-state index in [2.05, 4.69) is 9.97 Å². The average Bonchev–Trinajstić information content (AvgIpc) is 2.25. The Balaban J connectivity index is 2.83. The number of halogens is 1. The number of hydrogen-bond donors (Lipinski definition) is 0. The first kappa shape index (κ1) is 13.0. The number of sulfone groups is 1. The number of hydrogen-bond acceptors (Lipinski definition) is 5. The van der Waals surface area contributed by atoms with Gasteiger partial charge >= 0.3 is 0 Å². The molecule has 0 bridgehead atoms. The lowest BCUT2D eigenvalue weighted by Crippen LogP contribution is -2.12. The summed E-state index contributed by atoms with van der Waals surface area (Å²) in [6.07, 6.45) is 1.17. The van der Waals surface area contributed by atoms with Crippen LogP contribution in [-0.2, 0) is 9.84 Å². The van der Waals surface area contributed by atoms with Crippen molar-refractivity contribution >= 4 is 38.2 Å². The molecule has 96 valence electrons. The Labute approximate surface area is 110 Å². The second-order valence-corrected chi connectivity index (χ2v) is 6.52. The van der Waals surface area contributed by atoms with Gasteiger partial charge in [0, 0.05) is 25.7 Å². The van der Waals surface area contributed by atoms with E-state index in [-0.39, 0.29) is 10.2 Å². The van der Waals surface area contributed by atoms with Crippen LogP contribution in [0.25, 0.3) is 10.9 Å². The van der Waals surface area contributed by atoms with Crippen molar-refractivity contribution in [3.63, 3.8) is 0 Å². The topological polar surface area (TPSA) is 63.2 Å². The third-order valence-electron chi connectivity index (χ3n) is 2.47. The van der Waals surface area contributed by atoms with Crippen molar-refractivity contribution in [1.82, 2.24) is 9.97 Å². The summed E-state index contributed by atoms with van der Waals surface area (Å²) < 4.78 is 23.1. The monoisotopic (exact) mass is 285 g/mol. The highest BCUT2D eigenvalue weighted by Crippen LogP contribution is 2.26. The maximum Gasteiger partial charge on any atom is 0.224 e. The van der Waals surface area contributed by atoms with E-state index in [0.717, 1.165) is 0 Å². The predicted molar refractivity (Wildman–Crippen MR) is 72.0 cm³/mol. The van der Waals surface area contributed by atoms with Crippen LogP contribution in [0.15, 0.2) is 23.1 Å². The van der Waals surface area contributed by atoms with Crippen LogP contribution in [0.2, 0.25) is 5.28 Å². The molecule has 7 heteroatoms. The zero-order chi connectivity index (χ0) is 13.5. The Morgan fingerprint density at radius 3 is 2.44 bits per heavy atom. The third-order valence-corrected chi connectivity index (χ3v) is 3.75. The van der Waals surface area contributed by atoms with Gasteiger partial charge in [-0.2, -0.15) is 4.98 Å². The standard InChI is InChI=1S/C11H12ClN3O2S/c1-15(2)10-8-6-7(18(3,16)17)4-5-9(8)13-11(12)14-10/h4-6H,1-3H3. The Kier molecular flexibility index (Phi) is 3.16. The first-order valence-corrected chi connectivity index (χ1v) is 7.40. The van der Waals surface area contributed by atoms with E-state index in [9.17, 15) is 8.42 Å². The molecule has 0 fully saturated rings. The first-order chi connectivity index (χ1) is 8.29. The minimum atomic E-state index is -3.25. The zero-order valence-corrected chi connectivity index (χ0v) is 11.7. The highest BCUT2D eigenvalue weighted by atomic mass is 35.5. The maximum absolute atomic E-state index is 11.5. The molecular formula is C11H12ClN3O2S. The lowest BCUT2D eigenvalue weighted by atomic mass is 10.2. The molecule has 0 amide bonds. The van der Waals surface area contributed by atoms with Crippen molar-refractivity contribution in [2.24, 2.45) is 0 Å². The first-order valence-electron chi connectivity index (χ1n) is 5.14. The predicted octanol–water partition coefficient (Wildman–Crippen LogP) is 1.75. The van der Waals surface area contributed by atoms with E-state index in [1.807, 2.05) is 14.1 Å². The fourth-order valence-electron chi connectivity index (χ4n) is 1.64. The van der Waals surface area contributed by atoms with E-state index in [1.165, 1.54) is 12.3 Å². The summed E-state index contributed by atoms with van der Waals surface area (Å²) in [6, 6.07) is 4.71. The largest absolute Gasteiger partial charge is 0.362 e. The molecule has 0 aliphatic heterocycles. The van der Waals surface area contributed by atoms with Gasteiger partial charge in [-0.1, -0.05) is 0 Å². The van der Waals surface area contributed by atoms with Crippen LogP contribution >= 0.6 is 11.6 Å². The summed E-state index contributed by atoms with van der Waals surface area (Å²) in [5, 5.41) is 0.797. The number of fused-ring (bicyclic) bond motifs is 1. The van der Waals surface area contributed by atoms with Crippen LogP contribution in [0.1, 0.15) is 0 Å². The summed E-state index contributed by atoms with van der Waals surface area (Å²) in [7, 11) is 0.368. The highest BCUT2D eigenvalue weighted by Gasteiger charge is 2.13. The molecule has 0 radical (unpaired) electrons. The van der Waals surface area contributed by atoms with Crippen molar-refractivity contribution in [2.45, 2.75) is 4.90 Å². The number of nitrogens with zero attached hydrogens (tertiary/aromatic N) is 3. The molecule has 0 aliphatic rings. The molecule has 0 saturated heterocycles. The molecular weight excluding hydrogens is 274 g/mol. The number of anilines is 1. The summed E-state index contributed by atoms with van der Waals surface area (Å²) in [5.74, 6) is 0.593. The lowest BCUT2D eigenvalue weighted by Gasteiger charge is -2.14. The van der Waals surface area contributed by atoms with Crippen LogP contribution in [0, 0.1) is 0 Å². The van der Waals surface area contributed by atoms with Crippen LogP contribution < -0.4 is 4.90 Å². The van der Waals surface area contributed by atoms with Gasteiger partial charge in [-0.05, 0) is 29.8 Å².